The highest BCUT2D eigenvalue weighted by atomic mass is 16.1. The SMILES string of the molecule is Cc1cccc(C(=O)NCC2CCN(c3cc(-c4cccnc4)[nH]n3)CC2)c1. The standard InChI is InChI=1S/C22H25N5O/c1-16-4-2-5-18(12-16)22(28)24-14-17-7-10-27(11-8-17)21-13-20(25-26-21)19-6-3-9-23-15-19/h2-6,9,12-13,15,17H,7-8,10-11,14H2,1H3,(H,24,28)(H,25,26). The number of aromatic nitrogens is 3. The Labute approximate surface area is 165 Å². The summed E-state index contributed by atoms with van der Waals surface area (Å²) < 4.78 is 0. The average molecular weight is 375 g/mol. The van der Waals surface area contributed by atoms with Crippen molar-refractivity contribution in [1.82, 2.24) is 20.5 Å². The first-order valence-corrected chi connectivity index (χ1v) is 9.74. The topological polar surface area (TPSA) is 73.9 Å². The van der Waals surface area contributed by atoms with E-state index in [2.05, 4.69) is 31.5 Å². The number of piperidine rings is 1. The molecule has 3 heterocycles. The fourth-order valence-electron chi connectivity index (χ4n) is 3.63. The number of carbonyl (C=O) groups is 1. The van der Waals surface area contributed by atoms with Gasteiger partial charge in [-0.2, -0.15) is 5.10 Å². The Morgan fingerprint density at radius 2 is 2.07 bits per heavy atom. The van der Waals surface area contributed by atoms with E-state index in [0.29, 0.717) is 5.92 Å². The first kappa shape index (κ1) is 18.2. The highest BCUT2D eigenvalue weighted by Crippen LogP contribution is 2.25. The van der Waals surface area contributed by atoms with E-state index in [1.165, 1.54) is 0 Å². The zero-order valence-electron chi connectivity index (χ0n) is 16.1. The maximum atomic E-state index is 12.3. The molecule has 0 bridgehead atoms. The van der Waals surface area contributed by atoms with Gasteiger partial charge in [0.15, 0.2) is 5.82 Å². The molecule has 2 aromatic heterocycles. The fourth-order valence-corrected chi connectivity index (χ4v) is 3.63. The maximum Gasteiger partial charge on any atom is 0.251 e. The van der Waals surface area contributed by atoms with Crippen LogP contribution < -0.4 is 10.2 Å². The van der Waals surface area contributed by atoms with E-state index in [4.69, 9.17) is 0 Å². The fraction of sp³-hybridized carbons (Fsp3) is 0.318. The molecule has 144 valence electrons. The number of hydrogen-bond donors (Lipinski definition) is 2. The van der Waals surface area contributed by atoms with Crippen LogP contribution in [0.4, 0.5) is 5.82 Å². The molecule has 6 heteroatoms. The molecule has 0 atom stereocenters. The van der Waals surface area contributed by atoms with Crippen molar-refractivity contribution in [2.45, 2.75) is 19.8 Å². The van der Waals surface area contributed by atoms with Gasteiger partial charge in [0.25, 0.3) is 5.91 Å². The summed E-state index contributed by atoms with van der Waals surface area (Å²) in [5, 5.41) is 10.7. The summed E-state index contributed by atoms with van der Waals surface area (Å²) in [6.07, 6.45) is 5.69. The number of rotatable bonds is 5. The van der Waals surface area contributed by atoms with E-state index >= 15 is 0 Å². The summed E-state index contributed by atoms with van der Waals surface area (Å²) in [6, 6.07) is 13.7. The molecule has 0 spiro atoms. The summed E-state index contributed by atoms with van der Waals surface area (Å²) in [5.74, 6) is 1.49. The molecule has 0 unspecified atom stereocenters. The molecule has 0 radical (unpaired) electrons. The lowest BCUT2D eigenvalue weighted by molar-refractivity contribution is 0.0945. The number of nitrogens with one attached hydrogen (secondary N) is 2. The molecular formula is C22H25N5O. The lowest BCUT2D eigenvalue weighted by atomic mass is 9.96. The lowest BCUT2D eigenvalue weighted by Crippen LogP contribution is -2.38. The van der Waals surface area contributed by atoms with Gasteiger partial charge in [-0.1, -0.05) is 17.7 Å². The molecule has 3 aromatic rings. The molecule has 2 N–H and O–H groups in total. The second-order valence-electron chi connectivity index (χ2n) is 7.39. The van der Waals surface area contributed by atoms with Crippen LogP contribution in [0.2, 0.25) is 0 Å². The highest BCUT2D eigenvalue weighted by Gasteiger charge is 2.22. The molecule has 6 nitrogen and oxygen atoms in total. The van der Waals surface area contributed by atoms with Crippen LogP contribution in [0.25, 0.3) is 11.3 Å². The van der Waals surface area contributed by atoms with Gasteiger partial charge in [0, 0.05) is 49.2 Å². The number of carbonyl (C=O) groups excluding carboxylic acids is 1. The van der Waals surface area contributed by atoms with Crippen LogP contribution in [0.15, 0.2) is 54.9 Å². The van der Waals surface area contributed by atoms with Gasteiger partial charge in [0.2, 0.25) is 0 Å². The molecular weight excluding hydrogens is 350 g/mol. The van der Waals surface area contributed by atoms with Gasteiger partial charge in [0.1, 0.15) is 0 Å². The predicted octanol–water partition coefficient (Wildman–Crippen LogP) is 3.43. The molecule has 1 aliphatic rings. The number of aryl methyl sites for hydroxylation is 1. The number of nitrogens with zero attached hydrogens (tertiary/aromatic N) is 3. The third-order valence-corrected chi connectivity index (χ3v) is 5.31. The Kier molecular flexibility index (Phi) is 5.37. The second-order valence-corrected chi connectivity index (χ2v) is 7.39. The minimum atomic E-state index is 0.0135. The Bertz CT molecular complexity index is 929. The molecule has 0 saturated carbocycles. The van der Waals surface area contributed by atoms with E-state index in [1.807, 2.05) is 49.5 Å². The van der Waals surface area contributed by atoms with Crippen LogP contribution >= 0.6 is 0 Å². The Hall–Kier alpha value is -3.15. The van der Waals surface area contributed by atoms with Crippen LogP contribution in [-0.2, 0) is 0 Å². The van der Waals surface area contributed by atoms with Crippen molar-refractivity contribution >= 4 is 11.7 Å². The summed E-state index contributed by atoms with van der Waals surface area (Å²) in [7, 11) is 0. The number of aromatic amines is 1. The van der Waals surface area contributed by atoms with Crippen molar-refractivity contribution < 1.29 is 4.79 Å². The summed E-state index contributed by atoms with van der Waals surface area (Å²) in [4.78, 5) is 18.8. The largest absolute Gasteiger partial charge is 0.355 e. The van der Waals surface area contributed by atoms with Crippen LogP contribution in [0.1, 0.15) is 28.8 Å². The minimum absolute atomic E-state index is 0.0135. The zero-order chi connectivity index (χ0) is 19.3. The molecule has 4 rings (SSSR count). The summed E-state index contributed by atoms with van der Waals surface area (Å²) in [5.41, 5.74) is 3.85. The first-order valence-electron chi connectivity index (χ1n) is 9.74. The second kappa shape index (κ2) is 8.25. The van der Waals surface area contributed by atoms with E-state index in [1.54, 1.807) is 6.20 Å². The number of amides is 1. The summed E-state index contributed by atoms with van der Waals surface area (Å²) >= 11 is 0. The lowest BCUT2D eigenvalue weighted by Gasteiger charge is -2.32. The molecule has 1 amide bonds. The first-order chi connectivity index (χ1) is 13.7. The molecule has 1 aromatic carbocycles. The van der Waals surface area contributed by atoms with Crippen LogP contribution in [-0.4, -0.2) is 40.7 Å². The molecule has 1 fully saturated rings. The number of anilines is 1. The van der Waals surface area contributed by atoms with Crippen molar-refractivity contribution in [3.63, 3.8) is 0 Å². The van der Waals surface area contributed by atoms with E-state index in [0.717, 1.165) is 60.7 Å². The molecule has 28 heavy (non-hydrogen) atoms. The van der Waals surface area contributed by atoms with E-state index in [9.17, 15) is 4.79 Å². The van der Waals surface area contributed by atoms with Crippen LogP contribution in [0, 0.1) is 12.8 Å². The quantitative estimate of drug-likeness (QED) is 0.717. The van der Waals surface area contributed by atoms with Crippen molar-refractivity contribution in [3.8, 4) is 11.3 Å². The van der Waals surface area contributed by atoms with E-state index < -0.39 is 0 Å². The summed E-state index contributed by atoms with van der Waals surface area (Å²) in [6.45, 7) is 4.62. The Morgan fingerprint density at radius 1 is 1.21 bits per heavy atom. The van der Waals surface area contributed by atoms with Crippen LogP contribution in [0.3, 0.4) is 0 Å². The van der Waals surface area contributed by atoms with Crippen molar-refractivity contribution in [1.29, 1.82) is 0 Å². The van der Waals surface area contributed by atoms with Gasteiger partial charge in [-0.3, -0.25) is 14.9 Å². The predicted molar refractivity (Wildman–Crippen MR) is 110 cm³/mol. The minimum Gasteiger partial charge on any atom is -0.355 e. The highest BCUT2D eigenvalue weighted by molar-refractivity contribution is 5.94. The van der Waals surface area contributed by atoms with Gasteiger partial charge in [-0.05, 0) is 49.9 Å². The van der Waals surface area contributed by atoms with Gasteiger partial charge in [-0.25, -0.2) is 0 Å². The Balaban J connectivity index is 1.28. The third-order valence-electron chi connectivity index (χ3n) is 5.31. The van der Waals surface area contributed by atoms with Crippen molar-refractivity contribution in [2.24, 2.45) is 5.92 Å². The maximum absolute atomic E-state index is 12.3. The normalized spacial score (nSPS) is 14.8. The van der Waals surface area contributed by atoms with Crippen LogP contribution in [0.5, 0.6) is 0 Å². The molecule has 0 aliphatic carbocycles. The smallest absolute Gasteiger partial charge is 0.251 e. The van der Waals surface area contributed by atoms with Crippen molar-refractivity contribution in [3.05, 3.63) is 66.0 Å². The molecule has 1 aliphatic heterocycles. The average Bonchev–Trinajstić information content (AvgIpc) is 3.23. The Morgan fingerprint density at radius 3 is 2.82 bits per heavy atom. The van der Waals surface area contributed by atoms with Gasteiger partial charge in [-0.15, -0.1) is 0 Å². The number of pyridine rings is 1. The van der Waals surface area contributed by atoms with Gasteiger partial charge < -0.3 is 10.2 Å². The van der Waals surface area contributed by atoms with Gasteiger partial charge in [0.05, 0.1) is 5.69 Å². The zero-order valence-corrected chi connectivity index (χ0v) is 16.1. The number of H-pyrrole nitrogens is 1. The number of hydrogen-bond acceptors (Lipinski definition) is 4. The third kappa shape index (κ3) is 4.22. The monoisotopic (exact) mass is 375 g/mol. The van der Waals surface area contributed by atoms with Crippen molar-refractivity contribution in [2.75, 3.05) is 24.5 Å². The number of benzene rings is 1. The van der Waals surface area contributed by atoms with E-state index in [-0.39, 0.29) is 5.91 Å². The molecule has 1 saturated heterocycles. The van der Waals surface area contributed by atoms with Gasteiger partial charge >= 0.3 is 0 Å².